The molecule has 1 unspecified atom stereocenters. The summed E-state index contributed by atoms with van der Waals surface area (Å²) >= 11 is 5.60. The fraction of sp³-hybridized carbons (Fsp3) is 0.500. The van der Waals surface area contributed by atoms with Crippen molar-refractivity contribution in [1.82, 2.24) is 0 Å². The molecule has 4 nitrogen and oxygen atoms in total. The number of hydrogen-bond donors (Lipinski definition) is 1. The molecule has 1 aliphatic heterocycles. The molecule has 1 heterocycles. The molecule has 1 N–H and O–H groups in total. The van der Waals surface area contributed by atoms with Gasteiger partial charge in [-0.3, -0.25) is 4.31 Å². The molecular weight excluding hydrogens is 274 g/mol. The topological polar surface area (TPSA) is 57.6 Å². The average molecular weight is 290 g/mol. The van der Waals surface area contributed by atoms with E-state index in [9.17, 15) is 13.5 Å². The smallest absolute Gasteiger partial charge is 0.234 e. The quantitative estimate of drug-likeness (QED) is 0.858. The van der Waals surface area contributed by atoms with Crippen molar-refractivity contribution >= 4 is 27.3 Å². The van der Waals surface area contributed by atoms with Crippen LogP contribution in [-0.4, -0.2) is 31.7 Å². The van der Waals surface area contributed by atoms with Crippen LogP contribution in [0, 0.1) is 0 Å². The Labute approximate surface area is 112 Å². The van der Waals surface area contributed by atoms with E-state index in [4.69, 9.17) is 11.6 Å². The third kappa shape index (κ3) is 2.35. The van der Waals surface area contributed by atoms with Crippen molar-refractivity contribution in [3.63, 3.8) is 0 Å². The minimum absolute atomic E-state index is 0.0957. The van der Waals surface area contributed by atoms with Crippen molar-refractivity contribution in [2.24, 2.45) is 0 Å². The van der Waals surface area contributed by atoms with Crippen molar-refractivity contribution in [3.05, 3.63) is 29.3 Å². The number of hydrogen-bond acceptors (Lipinski definition) is 3. The summed E-state index contributed by atoms with van der Waals surface area (Å²) in [7, 11) is -3.21. The van der Waals surface area contributed by atoms with E-state index in [1.165, 1.54) is 4.31 Å². The van der Waals surface area contributed by atoms with Gasteiger partial charge >= 0.3 is 0 Å². The number of sulfonamides is 1. The van der Waals surface area contributed by atoms with E-state index in [-0.39, 0.29) is 11.6 Å². The fourth-order valence-corrected chi connectivity index (χ4v) is 3.47. The lowest BCUT2D eigenvalue weighted by Gasteiger charge is -2.18. The van der Waals surface area contributed by atoms with E-state index in [2.05, 4.69) is 0 Å². The molecule has 18 heavy (non-hydrogen) atoms. The molecule has 1 aromatic rings. The highest BCUT2D eigenvalue weighted by molar-refractivity contribution is 7.92. The van der Waals surface area contributed by atoms with Crippen LogP contribution in [0.25, 0.3) is 0 Å². The first-order valence-electron chi connectivity index (χ1n) is 5.87. The lowest BCUT2D eigenvalue weighted by atomic mass is 10.1. The first-order chi connectivity index (χ1) is 8.49. The number of fused-ring (bicyclic) bond motifs is 1. The Morgan fingerprint density at radius 3 is 2.83 bits per heavy atom. The highest BCUT2D eigenvalue weighted by atomic mass is 35.5. The number of anilines is 1. The molecule has 0 bridgehead atoms. The maximum atomic E-state index is 11.9. The molecule has 0 saturated carbocycles. The van der Waals surface area contributed by atoms with Crippen LogP contribution in [0.15, 0.2) is 18.2 Å². The number of halogens is 1. The average Bonchev–Trinajstić information content (AvgIpc) is 2.81. The summed E-state index contributed by atoms with van der Waals surface area (Å²) in [6.07, 6.45) is -0.0222. The van der Waals surface area contributed by atoms with Gasteiger partial charge < -0.3 is 5.11 Å². The van der Waals surface area contributed by atoms with Crippen molar-refractivity contribution < 1.29 is 13.5 Å². The van der Waals surface area contributed by atoms with Crippen molar-refractivity contribution in [2.45, 2.75) is 19.4 Å². The monoisotopic (exact) mass is 289 g/mol. The lowest BCUT2D eigenvalue weighted by molar-refractivity contribution is 0.202. The molecule has 0 fully saturated rings. The minimum atomic E-state index is -3.21. The Bertz CT molecular complexity index is 544. The van der Waals surface area contributed by atoms with Gasteiger partial charge in [-0.2, -0.15) is 0 Å². The molecule has 1 aliphatic rings. The SMILES string of the molecule is CCS(=O)(=O)N1CCc2cc(C(O)CCl)ccc21. The van der Waals surface area contributed by atoms with Crippen LogP contribution < -0.4 is 4.31 Å². The second-order valence-electron chi connectivity index (χ2n) is 4.28. The van der Waals surface area contributed by atoms with E-state index in [0.29, 0.717) is 13.0 Å². The van der Waals surface area contributed by atoms with Gasteiger partial charge in [0.1, 0.15) is 0 Å². The van der Waals surface area contributed by atoms with Crippen LogP contribution in [-0.2, 0) is 16.4 Å². The van der Waals surface area contributed by atoms with Crippen molar-refractivity contribution in [1.29, 1.82) is 0 Å². The number of benzene rings is 1. The Hall–Kier alpha value is -0.780. The maximum absolute atomic E-state index is 11.9. The van der Waals surface area contributed by atoms with Crippen LogP contribution in [0.2, 0.25) is 0 Å². The number of alkyl halides is 1. The minimum Gasteiger partial charge on any atom is -0.387 e. The van der Waals surface area contributed by atoms with Gasteiger partial charge in [0.05, 0.1) is 23.4 Å². The predicted octanol–water partition coefficient (Wildman–Crippen LogP) is 1.67. The Morgan fingerprint density at radius 2 is 2.22 bits per heavy atom. The van der Waals surface area contributed by atoms with Gasteiger partial charge in [0, 0.05) is 6.54 Å². The summed E-state index contributed by atoms with van der Waals surface area (Å²) in [6, 6.07) is 5.32. The van der Waals surface area contributed by atoms with Crippen molar-refractivity contribution in [3.8, 4) is 0 Å². The van der Waals surface area contributed by atoms with E-state index < -0.39 is 16.1 Å². The first kappa shape index (κ1) is 13.6. The molecule has 1 aromatic carbocycles. The summed E-state index contributed by atoms with van der Waals surface area (Å²) in [5.41, 5.74) is 2.41. The molecule has 6 heteroatoms. The number of aliphatic hydroxyl groups is 1. The largest absolute Gasteiger partial charge is 0.387 e. The van der Waals surface area contributed by atoms with Gasteiger partial charge in [-0.15, -0.1) is 11.6 Å². The summed E-state index contributed by atoms with van der Waals surface area (Å²) in [6.45, 7) is 2.12. The lowest BCUT2D eigenvalue weighted by Crippen LogP contribution is -2.30. The molecular formula is C12H16ClNO3S. The third-order valence-electron chi connectivity index (χ3n) is 3.19. The zero-order valence-corrected chi connectivity index (χ0v) is 11.7. The molecule has 0 spiro atoms. The van der Waals surface area contributed by atoms with Crippen LogP contribution in [0.4, 0.5) is 5.69 Å². The Balaban J connectivity index is 2.37. The molecule has 100 valence electrons. The van der Waals surface area contributed by atoms with E-state index in [1.807, 2.05) is 6.07 Å². The van der Waals surface area contributed by atoms with Gasteiger partial charge in [-0.1, -0.05) is 12.1 Å². The zero-order chi connectivity index (χ0) is 13.3. The number of nitrogens with zero attached hydrogens (tertiary/aromatic N) is 1. The number of rotatable bonds is 4. The molecule has 0 aromatic heterocycles. The fourth-order valence-electron chi connectivity index (χ4n) is 2.13. The van der Waals surface area contributed by atoms with Crippen LogP contribution in [0.1, 0.15) is 24.2 Å². The van der Waals surface area contributed by atoms with Gasteiger partial charge in [0.2, 0.25) is 10.0 Å². The third-order valence-corrected chi connectivity index (χ3v) is 5.26. The summed E-state index contributed by atoms with van der Waals surface area (Å²) in [4.78, 5) is 0. The number of aliphatic hydroxyl groups excluding tert-OH is 1. The molecule has 0 aliphatic carbocycles. The van der Waals surface area contributed by atoms with E-state index in [0.717, 1.165) is 16.8 Å². The molecule has 2 rings (SSSR count). The van der Waals surface area contributed by atoms with Crippen LogP contribution >= 0.6 is 11.6 Å². The second kappa shape index (κ2) is 5.07. The van der Waals surface area contributed by atoms with Gasteiger partial charge in [-0.05, 0) is 30.5 Å². The molecule has 1 atom stereocenters. The first-order valence-corrected chi connectivity index (χ1v) is 8.01. The Morgan fingerprint density at radius 1 is 1.50 bits per heavy atom. The zero-order valence-electron chi connectivity index (χ0n) is 10.1. The predicted molar refractivity (Wildman–Crippen MR) is 72.6 cm³/mol. The molecule has 0 radical (unpaired) electrons. The van der Waals surface area contributed by atoms with Crippen molar-refractivity contribution in [2.75, 3.05) is 22.5 Å². The maximum Gasteiger partial charge on any atom is 0.234 e. The summed E-state index contributed by atoms with van der Waals surface area (Å²) < 4.78 is 25.2. The summed E-state index contributed by atoms with van der Waals surface area (Å²) in [5.74, 6) is 0.230. The summed E-state index contributed by atoms with van der Waals surface area (Å²) in [5, 5.41) is 9.67. The van der Waals surface area contributed by atoms with Gasteiger partial charge in [-0.25, -0.2) is 8.42 Å². The molecule has 0 saturated heterocycles. The highest BCUT2D eigenvalue weighted by Gasteiger charge is 2.28. The van der Waals surface area contributed by atoms with E-state index in [1.54, 1.807) is 19.1 Å². The normalized spacial score (nSPS) is 16.7. The van der Waals surface area contributed by atoms with Crippen LogP contribution in [0.5, 0.6) is 0 Å². The van der Waals surface area contributed by atoms with E-state index >= 15 is 0 Å². The molecule has 0 amide bonds. The van der Waals surface area contributed by atoms with Gasteiger partial charge in [0.15, 0.2) is 0 Å². The van der Waals surface area contributed by atoms with Gasteiger partial charge in [0.25, 0.3) is 0 Å². The second-order valence-corrected chi connectivity index (χ2v) is 6.77. The highest BCUT2D eigenvalue weighted by Crippen LogP contribution is 2.32. The van der Waals surface area contributed by atoms with Crippen LogP contribution in [0.3, 0.4) is 0 Å². The Kier molecular flexibility index (Phi) is 3.84. The standard InChI is InChI=1S/C12H16ClNO3S/c1-2-18(16,17)14-6-5-9-7-10(12(15)8-13)3-4-11(9)14/h3-4,7,12,15H,2,5-6,8H2,1H3.